The third-order valence-electron chi connectivity index (χ3n) is 4.32. The number of sulfone groups is 1. The molecule has 3 rings (SSSR count). The zero-order valence-corrected chi connectivity index (χ0v) is 20.0. The number of aromatic nitrogens is 3. The zero-order chi connectivity index (χ0) is 20.7. The van der Waals surface area contributed by atoms with Crippen LogP contribution in [0.3, 0.4) is 0 Å². The molecule has 30 heavy (non-hydrogen) atoms. The van der Waals surface area contributed by atoms with E-state index in [0.29, 0.717) is 23.9 Å². The predicted molar refractivity (Wildman–Crippen MR) is 128 cm³/mol. The minimum atomic E-state index is -3.16. The Kier molecular flexibility index (Phi) is 8.78. The van der Waals surface area contributed by atoms with Crippen LogP contribution in [0.1, 0.15) is 11.1 Å². The smallest absolute Gasteiger partial charge is 0.191 e. The molecular formula is C20H25IN6O2S. The fourth-order valence-corrected chi connectivity index (χ4v) is 3.37. The van der Waals surface area contributed by atoms with Crippen molar-refractivity contribution in [2.24, 2.45) is 4.99 Å². The first-order valence-electron chi connectivity index (χ1n) is 9.12. The molecule has 0 fully saturated rings. The average molecular weight is 540 g/mol. The van der Waals surface area contributed by atoms with Gasteiger partial charge in [-0.15, -0.1) is 24.0 Å². The fourth-order valence-electron chi connectivity index (χ4n) is 2.74. The highest BCUT2D eigenvalue weighted by atomic mass is 127. The van der Waals surface area contributed by atoms with Crippen LogP contribution in [-0.2, 0) is 22.8 Å². The van der Waals surface area contributed by atoms with Gasteiger partial charge in [0.1, 0.15) is 12.1 Å². The van der Waals surface area contributed by atoms with E-state index >= 15 is 0 Å². The van der Waals surface area contributed by atoms with Gasteiger partial charge in [0, 0.05) is 45.0 Å². The number of benzene rings is 1. The van der Waals surface area contributed by atoms with E-state index in [2.05, 4.69) is 25.6 Å². The second-order valence-electron chi connectivity index (χ2n) is 6.51. The maximum atomic E-state index is 11.5. The van der Waals surface area contributed by atoms with Crippen molar-refractivity contribution in [2.75, 3.05) is 19.8 Å². The number of nitrogens with one attached hydrogen (secondary N) is 2. The van der Waals surface area contributed by atoms with Crippen LogP contribution < -0.4 is 10.6 Å². The lowest BCUT2D eigenvalue weighted by Gasteiger charge is -2.12. The minimum absolute atomic E-state index is 0. The number of hydrogen-bond acceptors (Lipinski definition) is 5. The van der Waals surface area contributed by atoms with Crippen LogP contribution in [0.5, 0.6) is 0 Å². The van der Waals surface area contributed by atoms with Gasteiger partial charge >= 0.3 is 0 Å². The first-order valence-corrected chi connectivity index (χ1v) is 11.0. The molecule has 0 bridgehead atoms. The number of nitrogens with zero attached hydrogens (tertiary/aromatic N) is 4. The van der Waals surface area contributed by atoms with E-state index in [9.17, 15) is 8.42 Å². The number of halogens is 1. The van der Waals surface area contributed by atoms with Gasteiger partial charge in [-0.1, -0.05) is 12.1 Å². The molecule has 3 aromatic rings. The molecule has 2 heterocycles. The molecule has 160 valence electrons. The number of rotatable bonds is 7. The topological polar surface area (TPSA) is 101 Å². The molecule has 0 aliphatic heterocycles. The fraction of sp³-hybridized carbons (Fsp3) is 0.250. The van der Waals surface area contributed by atoms with Crippen LogP contribution in [0, 0.1) is 0 Å². The standard InChI is InChI=1S/C20H24N6O2S.HI/c1-21-20(24-10-7-16-3-5-18(6-4-16)29(2,27)28)25-14-17-8-9-23-19(13-17)26-12-11-22-15-26;/h3-6,8-9,11-13,15H,7,10,14H2,1-2H3,(H2,21,24,25);1H. The monoisotopic (exact) mass is 540 g/mol. The van der Waals surface area contributed by atoms with Gasteiger partial charge in [-0.2, -0.15) is 0 Å². The van der Waals surface area contributed by atoms with Crippen molar-refractivity contribution in [3.05, 3.63) is 72.4 Å². The molecule has 0 radical (unpaired) electrons. The van der Waals surface area contributed by atoms with Gasteiger partial charge in [0.15, 0.2) is 15.8 Å². The normalized spacial score (nSPS) is 11.6. The molecular weight excluding hydrogens is 515 g/mol. The summed E-state index contributed by atoms with van der Waals surface area (Å²) in [6.45, 7) is 1.28. The lowest BCUT2D eigenvalue weighted by Crippen LogP contribution is -2.37. The second kappa shape index (κ2) is 11.1. The Hall–Kier alpha value is -2.47. The number of hydrogen-bond donors (Lipinski definition) is 2. The van der Waals surface area contributed by atoms with E-state index in [1.807, 2.05) is 35.0 Å². The third-order valence-corrected chi connectivity index (χ3v) is 5.45. The summed E-state index contributed by atoms with van der Waals surface area (Å²) in [5.74, 6) is 1.50. The summed E-state index contributed by atoms with van der Waals surface area (Å²) in [4.78, 5) is 13.0. The van der Waals surface area contributed by atoms with Crippen molar-refractivity contribution in [1.82, 2.24) is 25.2 Å². The summed E-state index contributed by atoms with van der Waals surface area (Å²) in [7, 11) is -1.44. The van der Waals surface area contributed by atoms with E-state index in [4.69, 9.17) is 0 Å². The maximum Gasteiger partial charge on any atom is 0.191 e. The van der Waals surface area contributed by atoms with E-state index in [1.54, 1.807) is 37.9 Å². The Balaban J connectivity index is 0.00000320. The molecule has 0 saturated heterocycles. The van der Waals surface area contributed by atoms with Crippen LogP contribution in [0.4, 0.5) is 0 Å². The van der Waals surface area contributed by atoms with Gasteiger partial charge in [0.2, 0.25) is 0 Å². The SMILES string of the molecule is CN=C(NCCc1ccc(S(C)(=O)=O)cc1)NCc1ccnc(-n2ccnc2)c1.I. The van der Waals surface area contributed by atoms with Crippen molar-refractivity contribution < 1.29 is 8.42 Å². The quantitative estimate of drug-likeness (QED) is 0.271. The van der Waals surface area contributed by atoms with Gasteiger partial charge in [0.25, 0.3) is 0 Å². The van der Waals surface area contributed by atoms with Gasteiger partial charge in [-0.25, -0.2) is 18.4 Å². The van der Waals surface area contributed by atoms with E-state index in [0.717, 1.165) is 23.4 Å². The molecule has 8 nitrogen and oxygen atoms in total. The number of aliphatic imine (C=N–C) groups is 1. The Morgan fingerprint density at radius 3 is 2.50 bits per heavy atom. The summed E-state index contributed by atoms with van der Waals surface area (Å²) in [5, 5.41) is 6.55. The summed E-state index contributed by atoms with van der Waals surface area (Å²) in [5.41, 5.74) is 2.13. The van der Waals surface area contributed by atoms with E-state index in [1.165, 1.54) is 6.26 Å². The zero-order valence-electron chi connectivity index (χ0n) is 16.8. The minimum Gasteiger partial charge on any atom is -0.356 e. The number of imidazole rings is 1. The average Bonchev–Trinajstić information content (AvgIpc) is 3.25. The lowest BCUT2D eigenvalue weighted by atomic mass is 10.1. The molecule has 0 unspecified atom stereocenters. The second-order valence-corrected chi connectivity index (χ2v) is 8.53. The number of guanidine groups is 1. The molecule has 2 N–H and O–H groups in total. The van der Waals surface area contributed by atoms with Crippen LogP contribution in [0.15, 0.2) is 71.2 Å². The van der Waals surface area contributed by atoms with Crippen molar-refractivity contribution in [3.63, 3.8) is 0 Å². The van der Waals surface area contributed by atoms with Crippen molar-refractivity contribution in [1.29, 1.82) is 0 Å². The van der Waals surface area contributed by atoms with Crippen molar-refractivity contribution in [2.45, 2.75) is 17.9 Å². The largest absolute Gasteiger partial charge is 0.356 e. The summed E-state index contributed by atoms with van der Waals surface area (Å²) in [6.07, 6.45) is 9.01. The first-order chi connectivity index (χ1) is 14.0. The highest BCUT2D eigenvalue weighted by Crippen LogP contribution is 2.10. The third kappa shape index (κ3) is 6.80. The molecule has 0 aliphatic rings. The van der Waals surface area contributed by atoms with Gasteiger partial charge in [0.05, 0.1) is 4.90 Å². The Labute approximate surface area is 193 Å². The Morgan fingerprint density at radius 1 is 1.10 bits per heavy atom. The van der Waals surface area contributed by atoms with Crippen LogP contribution in [-0.4, -0.2) is 48.8 Å². The first kappa shape index (κ1) is 23.8. The molecule has 2 aromatic heterocycles. The number of pyridine rings is 1. The Bertz CT molecular complexity index is 1070. The van der Waals surface area contributed by atoms with Crippen LogP contribution >= 0.6 is 24.0 Å². The van der Waals surface area contributed by atoms with Crippen LogP contribution in [0.2, 0.25) is 0 Å². The van der Waals surface area contributed by atoms with Gasteiger partial charge < -0.3 is 10.6 Å². The predicted octanol–water partition coefficient (Wildman–Crippen LogP) is 2.20. The van der Waals surface area contributed by atoms with E-state index < -0.39 is 9.84 Å². The maximum absolute atomic E-state index is 11.5. The lowest BCUT2D eigenvalue weighted by molar-refractivity contribution is 0.602. The highest BCUT2D eigenvalue weighted by Gasteiger charge is 2.06. The van der Waals surface area contributed by atoms with Crippen molar-refractivity contribution in [3.8, 4) is 5.82 Å². The van der Waals surface area contributed by atoms with Gasteiger partial charge in [-0.05, 0) is 41.8 Å². The van der Waals surface area contributed by atoms with Crippen molar-refractivity contribution >= 4 is 39.8 Å². The molecule has 0 amide bonds. The molecule has 0 atom stereocenters. The molecule has 1 aromatic carbocycles. The van der Waals surface area contributed by atoms with E-state index in [-0.39, 0.29) is 24.0 Å². The molecule has 0 saturated carbocycles. The highest BCUT2D eigenvalue weighted by molar-refractivity contribution is 14.0. The summed E-state index contributed by atoms with van der Waals surface area (Å²) in [6, 6.07) is 10.9. The molecule has 10 heteroatoms. The van der Waals surface area contributed by atoms with Crippen LogP contribution in [0.25, 0.3) is 5.82 Å². The summed E-state index contributed by atoms with van der Waals surface area (Å²) >= 11 is 0. The summed E-state index contributed by atoms with van der Waals surface area (Å²) < 4.78 is 24.9. The van der Waals surface area contributed by atoms with Gasteiger partial charge in [-0.3, -0.25) is 9.56 Å². The Morgan fingerprint density at radius 2 is 1.87 bits per heavy atom. The molecule has 0 spiro atoms. The molecule has 0 aliphatic carbocycles.